The number of aromatic nitrogens is 3. The van der Waals surface area contributed by atoms with Crippen molar-refractivity contribution in [3.63, 3.8) is 0 Å². The van der Waals surface area contributed by atoms with Gasteiger partial charge in [-0.3, -0.25) is 9.59 Å². The van der Waals surface area contributed by atoms with Crippen LogP contribution < -0.4 is 20.1 Å². The van der Waals surface area contributed by atoms with Crippen molar-refractivity contribution >= 4 is 62.7 Å². The van der Waals surface area contributed by atoms with Gasteiger partial charge in [0.05, 0.1) is 17.2 Å². The van der Waals surface area contributed by atoms with Crippen molar-refractivity contribution in [2.45, 2.75) is 57.0 Å². The normalized spacial score (nSPS) is 15.8. The highest BCUT2D eigenvalue weighted by molar-refractivity contribution is 9.10. The van der Waals surface area contributed by atoms with Crippen molar-refractivity contribution in [2.75, 3.05) is 37.4 Å². The zero-order chi connectivity index (χ0) is 34.7. The van der Waals surface area contributed by atoms with Crippen LogP contribution in [0.5, 0.6) is 11.5 Å². The van der Waals surface area contributed by atoms with Gasteiger partial charge in [0, 0.05) is 35.2 Å². The van der Waals surface area contributed by atoms with E-state index in [0.717, 1.165) is 54.7 Å². The van der Waals surface area contributed by atoms with Crippen LogP contribution in [0.1, 0.15) is 54.5 Å². The number of aryl methyl sites for hydroxylation is 2. The Kier molecular flexibility index (Phi) is 10.9. The van der Waals surface area contributed by atoms with E-state index in [9.17, 15) is 9.59 Å². The van der Waals surface area contributed by atoms with Crippen LogP contribution in [0.3, 0.4) is 0 Å². The van der Waals surface area contributed by atoms with Gasteiger partial charge in [0.15, 0.2) is 18.1 Å². The lowest BCUT2D eigenvalue weighted by Gasteiger charge is -2.29. The van der Waals surface area contributed by atoms with Crippen LogP contribution in [0.4, 0.5) is 11.6 Å². The number of fused-ring (bicyclic) bond motifs is 1. The van der Waals surface area contributed by atoms with Gasteiger partial charge in [0.1, 0.15) is 6.04 Å². The van der Waals surface area contributed by atoms with Crippen LogP contribution in [-0.4, -0.2) is 58.3 Å². The number of allylic oxidation sites excluding steroid dienone is 1. The van der Waals surface area contributed by atoms with Crippen molar-refractivity contribution in [2.24, 2.45) is 0 Å². The second kappa shape index (κ2) is 15.3. The number of ether oxygens (including phenoxy) is 2. The van der Waals surface area contributed by atoms with Gasteiger partial charge >= 0.3 is 0 Å². The average molecular weight is 766 g/mol. The quantitative estimate of drug-likeness (QED) is 0.157. The molecule has 1 saturated heterocycles. The van der Waals surface area contributed by atoms with E-state index in [2.05, 4.69) is 26.6 Å². The second-order valence-corrected chi connectivity index (χ2v) is 14.3. The standard InChI is InChI=1S/C36H38BrClN6O4S/c1-21-12-13-28(22(2)16-21)40-34(46)31-23(3)39-35-41-36(49-20-24-10-6-7-11-27(24)38)42-44(35)32(31)25-17-26(37)33(29(18-25)47-4)48-19-30(45)43-14-8-5-9-15-43/h6-7,10-13,16-18,32H,5,8-9,14-15,19-20H2,1-4H3,(H,40,46)(H,39,41,42). The number of benzene rings is 3. The van der Waals surface area contributed by atoms with Crippen molar-refractivity contribution in [3.05, 3.63) is 97.6 Å². The number of hydrogen-bond acceptors (Lipinski definition) is 8. The first kappa shape index (κ1) is 34.8. The molecular formula is C36H38BrClN6O4S. The molecule has 0 radical (unpaired) electrons. The Balaban J connectivity index is 1.35. The topological polar surface area (TPSA) is 111 Å². The van der Waals surface area contributed by atoms with Gasteiger partial charge in [-0.1, -0.05) is 59.3 Å². The molecule has 3 aromatic carbocycles. The molecule has 10 nitrogen and oxygen atoms in total. The van der Waals surface area contributed by atoms with Gasteiger partial charge in [-0.25, -0.2) is 4.68 Å². The number of methoxy groups -OCH3 is 1. The number of rotatable bonds is 10. The van der Waals surface area contributed by atoms with Gasteiger partial charge in [0.25, 0.3) is 11.8 Å². The lowest BCUT2D eigenvalue weighted by Crippen LogP contribution is -2.38. The minimum Gasteiger partial charge on any atom is -0.493 e. The number of amides is 2. The van der Waals surface area contributed by atoms with Gasteiger partial charge in [-0.2, -0.15) is 4.98 Å². The van der Waals surface area contributed by atoms with Crippen molar-refractivity contribution in [1.82, 2.24) is 19.7 Å². The molecule has 1 fully saturated rings. The summed E-state index contributed by atoms with van der Waals surface area (Å²) < 4.78 is 14.2. The monoisotopic (exact) mass is 764 g/mol. The third-order valence-corrected chi connectivity index (χ3v) is 10.5. The summed E-state index contributed by atoms with van der Waals surface area (Å²) in [6.45, 7) is 7.22. The zero-order valence-corrected chi connectivity index (χ0v) is 31.0. The van der Waals surface area contributed by atoms with Gasteiger partial charge < -0.3 is 25.0 Å². The molecule has 1 unspecified atom stereocenters. The lowest BCUT2D eigenvalue weighted by atomic mass is 9.94. The maximum Gasteiger partial charge on any atom is 0.260 e. The number of anilines is 2. The minimum absolute atomic E-state index is 0.0610. The third kappa shape index (κ3) is 7.76. The van der Waals surface area contributed by atoms with E-state index in [1.54, 1.807) is 11.8 Å². The van der Waals surface area contributed by atoms with E-state index in [1.807, 2.05) is 80.3 Å². The molecular weight excluding hydrogens is 728 g/mol. The first-order valence-electron chi connectivity index (χ1n) is 16.1. The van der Waals surface area contributed by atoms with E-state index < -0.39 is 6.04 Å². The van der Waals surface area contributed by atoms with Crippen LogP contribution in [0.15, 0.2) is 75.5 Å². The van der Waals surface area contributed by atoms with Crippen LogP contribution in [0.2, 0.25) is 5.02 Å². The number of halogens is 2. The summed E-state index contributed by atoms with van der Waals surface area (Å²) in [6, 6.07) is 16.6. The Morgan fingerprint density at radius 2 is 1.86 bits per heavy atom. The molecule has 2 aliphatic rings. The van der Waals surface area contributed by atoms with E-state index in [0.29, 0.717) is 54.7 Å². The second-order valence-electron chi connectivity index (χ2n) is 12.1. The fraction of sp³-hybridized carbons (Fsp3) is 0.333. The number of likely N-dealkylation sites (tertiary alicyclic amines) is 1. The van der Waals surface area contributed by atoms with Gasteiger partial charge in [-0.05, 0) is 96.9 Å². The first-order valence-corrected chi connectivity index (χ1v) is 18.3. The summed E-state index contributed by atoms with van der Waals surface area (Å²) in [6.07, 6.45) is 3.14. The zero-order valence-electron chi connectivity index (χ0n) is 27.8. The summed E-state index contributed by atoms with van der Waals surface area (Å²) in [7, 11) is 1.55. The maximum absolute atomic E-state index is 14.2. The summed E-state index contributed by atoms with van der Waals surface area (Å²) in [5.74, 6) is 1.54. The van der Waals surface area contributed by atoms with Crippen molar-refractivity contribution in [1.29, 1.82) is 0 Å². The highest BCUT2D eigenvalue weighted by Gasteiger charge is 2.36. The first-order chi connectivity index (χ1) is 23.6. The molecule has 49 heavy (non-hydrogen) atoms. The van der Waals surface area contributed by atoms with E-state index in [4.69, 9.17) is 31.2 Å². The van der Waals surface area contributed by atoms with Gasteiger partial charge in [0.2, 0.25) is 11.1 Å². The summed E-state index contributed by atoms with van der Waals surface area (Å²) in [5, 5.41) is 12.5. The Labute approximate surface area is 303 Å². The summed E-state index contributed by atoms with van der Waals surface area (Å²) in [5.41, 5.74) is 5.55. The number of thioether (sulfide) groups is 1. The highest BCUT2D eigenvalue weighted by atomic mass is 79.9. The number of nitrogens with zero attached hydrogens (tertiary/aromatic N) is 4. The number of piperidine rings is 1. The Hall–Kier alpha value is -4.00. The molecule has 1 atom stereocenters. The summed E-state index contributed by atoms with van der Waals surface area (Å²) in [4.78, 5) is 33.7. The molecule has 1 aromatic heterocycles. The van der Waals surface area contributed by atoms with Crippen molar-refractivity contribution < 1.29 is 19.1 Å². The predicted molar refractivity (Wildman–Crippen MR) is 197 cm³/mol. The maximum atomic E-state index is 14.2. The molecule has 2 amide bonds. The number of nitrogens with one attached hydrogen (secondary N) is 2. The molecule has 3 heterocycles. The van der Waals surface area contributed by atoms with Gasteiger partial charge in [-0.15, -0.1) is 5.10 Å². The SMILES string of the molecule is COc1cc(C2C(C(=O)Nc3ccc(C)cc3C)=C(C)Nc3nc(SCc4ccccc4Cl)nn32)cc(Br)c1OCC(=O)N1CCCCC1. The number of carbonyl (C=O) groups excluding carboxylic acids is 2. The fourth-order valence-electron chi connectivity index (χ4n) is 6.10. The Morgan fingerprint density at radius 1 is 1.08 bits per heavy atom. The number of hydrogen-bond donors (Lipinski definition) is 2. The molecule has 0 spiro atoms. The Bertz CT molecular complexity index is 1930. The molecule has 0 bridgehead atoms. The summed E-state index contributed by atoms with van der Waals surface area (Å²) >= 11 is 11.5. The average Bonchev–Trinajstić information content (AvgIpc) is 3.50. The highest BCUT2D eigenvalue weighted by Crippen LogP contribution is 2.43. The molecule has 256 valence electrons. The minimum atomic E-state index is -0.682. The van der Waals surface area contributed by atoms with E-state index >= 15 is 0 Å². The smallest absolute Gasteiger partial charge is 0.260 e. The largest absolute Gasteiger partial charge is 0.493 e. The number of carbonyl (C=O) groups is 2. The van der Waals surface area contributed by atoms with Crippen LogP contribution in [0, 0.1) is 13.8 Å². The lowest BCUT2D eigenvalue weighted by molar-refractivity contribution is -0.134. The van der Waals surface area contributed by atoms with E-state index in [-0.39, 0.29) is 18.4 Å². The molecule has 6 rings (SSSR count). The Morgan fingerprint density at radius 3 is 2.59 bits per heavy atom. The van der Waals surface area contributed by atoms with Crippen LogP contribution >= 0.6 is 39.3 Å². The van der Waals surface area contributed by atoms with Crippen molar-refractivity contribution in [3.8, 4) is 11.5 Å². The molecule has 0 saturated carbocycles. The fourth-order valence-corrected chi connectivity index (χ4v) is 7.79. The molecule has 2 aliphatic heterocycles. The molecule has 2 N–H and O–H groups in total. The predicted octanol–water partition coefficient (Wildman–Crippen LogP) is 7.93. The van der Waals surface area contributed by atoms with Crippen LogP contribution in [-0.2, 0) is 15.3 Å². The molecule has 13 heteroatoms. The molecule has 0 aliphatic carbocycles. The molecule has 4 aromatic rings. The van der Waals surface area contributed by atoms with Crippen LogP contribution in [0.25, 0.3) is 0 Å². The van der Waals surface area contributed by atoms with E-state index in [1.165, 1.54) is 11.8 Å². The third-order valence-electron chi connectivity index (χ3n) is 8.64.